The van der Waals surface area contributed by atoms with Crippen LogP contribution in [0.1, 0.15) is 13.8 Å². The molecular weight excluding hydrogens is 302 g/mol. The highest BCUT2D eigenvalue weighted by atomic mass is 32.1. The summed E-state index contributed by atoms with van der Waals surface area (Å²) in [6, 6.07) is 0. The highest BCUT2D eigenvalue weighted by Gasteiger charge is 2.45. The summed E-state index contributed by atoms with van der Waals surface area (Å²) < 4.78 is 4.98. The van der Waals surface area contributed by atoms with Gasteiger partial charge in [0.25, 0.3) is 5.90 Å². The van der Waals surface area contributed by atoms with Crippen LogP contribution in [0.5, 0.6) is 0 Å². The van der Waals surface area contributed by atoms with Gasteiger partial charge in [0.2, 0.25) is 5.66 Å². The summed E-state index contributed by atoms with van der Waals surface area (Å²) in [5, 5.41) is 16.7. The van der Waals surface area contributed by atoms with Gasteiger partial charge in [0.05, 0.1) is 17.7 Å². The van der Waals surface area contributed by atoms with E-state index in [1.165, 1.54) is 14.0 Å². The number of thiocarbonyl (C=S) groups is 2. The summed E-state index contributed by atoms with van der Waals surface area (Å²) in [5.41, 5.74) is 4.24. The molecule has 0 bridgehead atoms. The number of hydrogen-bond acceptors (Lipinski definition) is 7. The second kappa shape index (κ2) is 6.09. The average molecular weight is 317 g/mol. The summed E-state index contributed by atoms with van der Waals surface area (Å²) in [6.45, 7) is 3.88. The lowest BCUT2D eigenvalue weighted by molar-refractivity contribution is -0.418. The summed E-state index contributed by atoms with van der Waals surface area (Å²) in [7, 11) is 1.28. The third kappa shape index (κ3) is 2.70. The molecule has 1 unspecified atom stereocenters. The molecule has 0 aromatic rings. The zero-order chi connectivity index (χ0) is 15.5. The number of methoxy groups -OCH3 is 1. The van der Waals surface area contributed by atoms with Crippen LogP contribution in [0.3, 0.4) is 0 Å². The number of nitrogens with one attached hydrogen (secondary N) is 2. The molecule has 0 radical (unpaired) electrons. The van der Waals surface area contributed by atoms with Crippen LogP contribution in [0.2, 0.25) is 0 Å². The summed E-state index contributed by atoms with van der Waals surface area (Å²) >= 11 is 10.2. The van der Waals surface area contributed by atoms with Gasteiger partial charge < -0.3 is 21.1 Å². The number of hydrogen-bond donors (Lipinski definition) is 3. The topological polar surface area (TPSA) is 115 Å². The van der Waals surface area contributed by atoms with Gasteiger partial charge in [-0.05, 0) is 13.8 Å². The Kier molecular flexibility index (Phi) is 4.95. The number of aliphatic imine (C=N–C) groups is 1. The Morgan fingerprint density at radius 1 is 1.65 bits per heavy atom. The number of allylic oxidation sites excluding steroid dienone is 1. The smallest absolute Gasteiger partial charge is 0.349 e. The maximum absolute atomic E-state index is 11.0. The molecule has 0 spiro atoms. The van der Waals surface area contributed by atoms with Crippen LogP contribution in [0, 0.1) is 10.1 Å². The van der Waals surface area contributed by atoms with E-state index in [0.29, 0.717) is 6.54 Å². The molecule has 1 heterocycles. The van der Waals surface area contributed by atoms with E-state index in [1.54, 1.807) is 0 Å². The van der Waals surface area contributed by atoms with Crippen molar-refractivity contribution in [3.63, 3.8) is 0 Å². The minimum absolute atomic E-state index is 0.0558. The first kappa shape index (κ1) is 16.2. The van der Waals surface area contributed by atoms with Gasteiger partial charge in [0.1, 0.15) is 9.98 Å². The fourth-order valence-electron chi connectivity index (χ4n) is 1.71. The molecular formula is C10H15N5O3S2. The van der Waals surface area contributed by atoms with Crippen molar-refractivity contribution in [1.29, 1.82) is 0 Å². The average Bonchev–Trinajstić information content (AvgIpc) is 2.36. The van der Waals surface area contributed by atoms with Crippen LogP contribution in [0.15, 0.2) is 16.4 Å². The molecule has 8 nitrogen and oxygen atoms in total. The van der Waals surface area contributed by atoms with E-state index in [4.69, 9.17) is 34.9 Å². The van der Waals surface area contributed by atoms with Crippen molar-refractivity contribution < 1.29 is 9.66 Å². The Bertz CT molecular complexity index is 531. The highest BCUT2D eigenvalue weighted by molar-refractivity contribution is 7.82. The third-order valence-electron chi connectivity index (χ3n) is 2.59. The molecule has 1 atom stereocenters. The molecule has 0 aromatic heterocycles. The first-order valence-electron chi connectivity index (χ1n) is 5.66. The molecule has 4 N–H and O–H groups in total. The first-order chi connectivity index (χ1) is 9.30. The number of nitrogens with zero attached hydrogens (tertiary/aromatic N) is 2. The minimum atomic E-state index is -1.42. The van der Waals surface area contributed by atoms with Gasteiger partial charge in [-0.25, -0.2) is 4.99 Å². The molecule has 0 amide bonds. The Morgan fingerprint density at radius 3 is 2.65 bits per heavy atom. The van der Waals surface area contributed by atoms with E-state index >= 15 is 0 Å². The molecule has 0 aromatic carbocycles. The number of ether oxygens (including phenoxy) is 1. The highest BCUT2D eigenvalue weighted by Crippen LogP contribution is 2.22. The second-order valence-corrected chi connectivity index (χ2v) is 4.76. The van der Waals surface area contributed by atoms with Crippen LogP contribution in [-0.2, 0) is 4.74 Å². The van der Waals surface area contributed by atoms with Gasteiger partial charge >= 0.3 is 5.70 Å². The standard InChI is InChI=1S/C10H15N5O3S2/c1-4-12-9(20)10(8(11)19)13-5(2)6(15(16)17)7(14-10)18-3/h13H,4H2,1-3H3,(H2,11,19)(H,12,20). The van der Waals surface area contributed by atoms with Crippen LogP contribution >= 0.6 is 24.4 Å². The molecule has 0 fully saturated rings. The van der Waals surface area contributed by atoms with E-state index in [1.807, 2.05) is 6.92 Å². The fourth-order valence-corrected chi connectivity index (χ4v) is 2.32. The summed E-state index contributed by atoms with van der Waals surface area (Å²) in [5.74, 6) is -0.181. The number of likely N-dealkylation sites (N-methyl/N-ethyl adjacent to an activating group) is 1. The Balaban J connectivity index is 3.40. The Morgan fingerprint density at radius 2 is 2.25 bits per heavy atom. The van der Waals surface area contributed by atoms with Gasteiger partial charge in [-0.15, -0.1) is 0 Å². The van der Waals surface area contributed by atoms with E-state index in [2.05, 4.69) is 15.6 Å². The van der Waals surface area contributed by atoms with Crippen LogP contribution < -0.4 is 16.4 Å². The predicted molar refractivity (Wildman–Crippen MR) is 83.1 cm³/mol. The van der Waals surface area contributed by atoms with Crippen molar-refractivity contribution in [2.75, 3.05) is 13.7 Å². The van der Waals surface area contributed by atoms with Crippen molar-refractivity contribution in [2.45, 2.75) is 19.5 Å². The van der Waals surface area contributed by atoms with E-state index in [0.717, 1.165) is 0 Å². The zero-order valence-electron chi connectivity index (χ0n) is 11.2. The fraction of sp³-hybridized carbons (Fsp3) is 0.500. The number of nitro groups is 1. The van der Waals surface area contributed by atoms with Gasteiger partial charge in [-0.2, -0.15) is 0 Å². The van der Waals surface area contributed by atoms with Crippen molar-refractivity contribution >= 4 is 40.3 Å². The molecule has 1 aliphatic heterocycles. The van der Waals surface area contributed by atoms with Crippen molar-refractivity contribution in [2.24, 2.45) is 10.7 Å². The lowest BCUT2D eigenvalue weighted by Crippen LogP contribution is -2.63. The Hall–Kier alpha value is -1.81. The normalized spacial score (nSPS) is 21.6. The van der Waals surface area contributed by atoms with Gasteiger partial charge in [-0.1, -0.05) is 24.4 Å². The SMILES string of the molecule is CCNC(=S)C1(C(N)=S)N=C(OC)C([N+](=O)[O-])=C(C)N1. The summed E-state index contributed by atoms with van der Waals surface area (Å²) in [6.07, 6.45) is 0. The van der Waals surface area contributed by atoms with Crippen LogP contribution in [0.4, 0.5) is 0 Å². The quantitative estimate of drug-likeness (QED) is 0.379. The lowest BCUT2D eigenvalue weighted by Gasteiger charge is -2.34. The molecule has 20 heavy (non-hydrogen) atoms. The van der Waals surface area contributed by atoms with Gasteiger partial charge in [0, 0.05) is 6.54 Å². The van der Waals surface area contributed by atoms with E-state index < -0.39 is 10.6 Å². The largest absolute Gasteiger partial charge is 0.476 e. The second-order valence-electron chi connectivity index (χ2n) is 3.91. The zero-order valence-corrected chi connectivity index (χ0v) is 12.9. The van der Waals surface area contributed by atoms with E-state index in [-0.39, 0.29) is 27.3 Å². The number of nitrogens with two attached hydrogens (primary N) is 1. The van der Waals surface area contributed by atoms with Gasteiger partial charge in [0.15, 0.2) is 0 Å². The van der Waals surface area contributed by atoms with Crippen molar-refractivity contribution in [1.82, 2.24) is 10.6 Å². The molecule has 110 valence electrons. The maximum Gasteiger partial charge on any atom is 0.349 e. The minimum Gasteiger partial charge on any atom is -0.476 e. The predicted octanol–water partition coefficient (Wildman–Crippen LogP) is 0.0620. The van der Waals surface area contributed by atoms with Crippen molar-refractivity contribution in [3.8, 4) is 0 Å². The summed E-state index contributed by atoms with van der Waals surface area (Å²) in [4.78, 5) is 14.7. The molecule has 0 saturated heterocycles. The van der Waals surface area contributed by atoms with E-state index in [9.17, 15) is 10.1 Å². The Labute approximate surface area is 126 Å². The monoisotopic (exact) mass is 317 g/mol. The molecule has 1 aliphatic rings. The van der Waals surface area contributed by atoms with Crippen molar-refractivity contribution in [3.05, 3.63) is 21.5 Å². The van der Waals surface area contributed by atoms with Gasteiger partial charge in [-0.3, -0.25) is 10.1 Å². The van der Waals surface area contributed by atoms with Crippen LogP contribution in [0.25, 0.3) is 0 Å². The molecule has 10 heteroatoms. The van der Waals surface area contributed by atoms with Crippen LogP contribution in [-0.4, -0.2) is 40.1 Å². The third-order valence-corrected chi connectivity index (χ3v) is 3.33. The maximum atomic E-state index is 11.0. The number of rotatable bonds is 4. The molecule has 0 saturated carbocycles. The molecule has 0 aliphatic carbocycles. The molecule has 1 rings (SSSR count). The lowest BCUT2D eigenvalue weighted by atomic mass is 10.1. The first-order valence-corrected chi connectivity index (χ1v) is 6.47.